The number of hydrogen-bond donors (Lipinski definition) is 4. The molecule has 0 aromatic carbocycles. The van der Waals surface area contributed by atoms with Crippen LogP contribution in [-0.4, -0.2) is 45.1 Å². The lowest BCUT2D eigenvalue weighted by molar-refractivity contribution is -0.432. The van der Waals surface area contributed by atoms with Gasteiger partial charge in [0.15, 0.2) is 0 Å². The largest absolute Gasteiger partial charge is 0.481 e. The molecule has 0 aromatic rings. The molecule has 102 valence electrons. The van der Waals surface area contributed by atoms with E-state index in [1.165, 1.54) is 0 Å². The lowest BCUT2D eigenvalue weighted by Gasteiger charge is -2.11. The Morgan fingerprint density at radius 3 is 2.44 bits per heavy atom. The molecule has 0 bridgehead atoms. The van der Waals surface area contributed by atoms with Gasteiger partial charge in [0, 0.05) is 30.7 Å². The maximum absolute atomic E-state index is 11.1. The Morgan fingerprint density at radius 2 is 1.94 bits per heavy atom. The standard InChI is InChI=1S/C8H11NO8S/c10-6(1-2-7(11)12)9-4-5(3-8(13)14)18-17-16-15/h1-2,5,15H,3-4H2,(H,9,10)(H,11,12)(H,13,14). The van der Waals surface area contributed by atoms with Crippen molar-refractivity contribution in [3.05, 3.63) is 12.2 Å². The van der Waals surface area contributed by atoms with Crippen LogP contribution < -0.4 is 5.32 Å². The lowest BCUT2D eigenvalue weighted by Crippen LogP contribution is -2.31. The molecule has 0 aliphatic rings. The Morgan fingerprint density at radius 1 is 1.28 bits per heavy atom. The van der Waals surface area contributed by atoms with Crippen LogP contribution in [0.1, 0.15) is 6.42 Å². The van der Waals surface area contributed by atoms with E-state index in [1.807, 2.05) is 0 Å². The first-order valence-corrected chi connectivity index (χ1v) is 5.30. The maximum Gasteiger partial charge on any atom is 0.328 e. The van der Waals surface area contributed by atoms with E-state index in [1.54, 1.807) is 0 Å². The van der Waals surface area contributed by atoms with Gasteiger partial charge in [0.05, 0.1) is 11.7 Å². The average Bonchev–Trinajstić information content (AvgIpc) is 2.29. The minimum atomic E-state index is -1.28. The monoisotopic (exact) mass is 281 g/mol. The Labute approximate surface area is 105 Å². The molecule has 18 heavy (non-hydrogen) atoms. The summed E-state index contributed by atoms with van der Waals surface area (Å²) in [5.74, 6) is -3.11. The zero-order valence-electron chi connectivity index (χ0n) is 8.94. The molecular formula is C8H11NO8S. The molecule has 1 amide bonds. The quantitative estimate of drug-likeness (QED) is 0.193. The van der Waals surface area contributed by atoms with Crippen molar-refractivity contribution in [3.63, 3.8) is 0 Å². The summed E-state index contributed by atoms with van der Waals surface area (Å²) in [6, 6.07) is 0. The Balaban J connectivity index is 4.11. The van der Waals surface area contributed by atoms with Crippen LogP contribution in [-0.2, 0) is 23.8 Å². The number of aliphatic carboxylic acids is 2. The van der Waals surface area contributed by atoms with E-state index in [0.717, 1.165) is 6.08 Å². The molecule has 0 aliphatic heterocycles. The summed E-state index contributed by atoms with van der Waals surface area (Å²) >= 11 is 0.508. The molecule has 10 heteroatoms. The first-order chi connectivity index (χ1) is 8.45. The number of carbonyl (C=O) groups excluding carboxylic acids is 1. The molecule has 1 atom stereocenters. The second kappa shape index (κ2) is 9.41. The van der Waals surface area contributed by atoms with Gasteiger partial charge < -0.3 is 15.5 Å². The molecule has 0 radical (unpaired) electrons. The second-order valence-electron chi connectivity index (χ2n) is 2.88. The molecule has 0 fully saturated rings. The molecule has 4 N–H and O–H groups in total. The third-order valence-corrected chi connectivity index (χ3v) is 2.23. The highest BCUT2D eigenvalue weighted by atomic mass is 32.2. The lowest BCUT2D eigenvalue weighted by atomic mass is 10.3. The molecule has 0 saturated heterocycles. The van der Waals surface area contributed by atoms with Crippen LogP contribution in [0.2, 0.25) is 0 Å². The highest BCUT2D eigenvalue weighted by Crippen LogP contribution is 2.15. The van der Waals surface area contributed by atoms with Crippen molar-refractivity contribution in [2.75, 3.05) is 6.54 Å². The number of carboxylic acid groups (broad SMARTS) is 2. The molecule has 0 heterocycles. The van der Waals surface area contributed by atoms with Crippen molar-refractivity contribution < 1.29 is 39.2 Å². The predicted octanol–water partition coefficient (Wildman–Crippen LogP) is -0.344. The van der Waals surface area contributed by atoms with E-state index in [4.69, 9.17) is 15.5 Å². The van der Waals surface area contributed by atoms with Crippen LogP contribution in [0.3, 0.4) is 0 Å². The number of nitrogens with one attached hydrogen (secondary N) is 1. The molecule has 0 saturated carbocycles. The Hall–Kier alpha value is -1.62. The minimum absolute atomic E-state index is 0.108. The summed E-state index contributed by atoms with van der Waals surface area (Å²) in [5, 5.41) is 29.6. The fraction of sp³-hybridized carbons (Fsp3) is 0.375. The van der Waals surface area contributed by atoms with Gasteiger partial charge in [-0.2, -0.15) is 0 Å². The zero-order valence-corrected chi connectivity index (χ0v) is 9.75. The van der Waals surface area contributed by atoms with Gasteiger partial charge in [-0.3, -0.25) is 9.59 Å². The van der Waals surface area contributed by atoms with E-state index >= 15 is 0 Å². The van der Waals surface area contributed by atoms with Crippen molar-refractivity contribution in [3.8, 4) is 0 Å². The van der Waals surface area contributed by atoms with Gasteiger partial charge in [0.1, 0.15) is 0 Å². The second-order valence-corrected chi connectivity index (χ2v) is 3.87. The number of hydrogen-bond acceptors (Lipinski definition) is 7. The highest BCUT2D eigenvalue weighted by molar-refractivity contribution is 7.95. The molecule has 9 nitrogen and oxygen atoms in total. The molecule has 0 aromatic heterocycles. The van der Waals surface area contributed by atoms with E-state index in [2.05, 4.69) is 14.7 Å². The normalized spacial score (nSPS) is 12.3. The summed E-state index contributed by atoms with van der Waals surface area (Å²) in [7, 11) is 0. The van der Waals surface area contributed by atoms with Gasteiger partial charge in [0.2, 0.25) is 5.91 Å². The van der Waals surface area contributed by atoms with E-state index in [-0.39, 0.29) is 13.0 Å². The number of amides is 1. The average molecular weight is 281 g/mol. The molecule has 0 aliphatic carbocycles. The van der Waals surface area contributed by atoms with Crippen LogP contribution in [0.25, 0.3) is 0 Å². The van der Waals surface area contributed by atoms with Crippen LogP contribution in [0.4, 0.5) is 0 Å². The van der Waals surface area contributed by atoms with Crippen molar-refractivity contribution in [2.24, 2.45) is 0 Å². The molecule has 0 spiro atoms. The van der Waals surface area contributed by atoms with Crippen molar-refractivity contribution in [1.82, 2.24) is 5.32 Å². The zero-order chi connectivity index (χ0) is 14.0. The molecule has 1 unspecified atom stereocenters. The Kier molecular flexibility index (Phi) is 8.57. The summed E-state index contributed by atoms with van der Waals surface area (Å²) in [4.78, 5) is 31.6. The first-order valence-electron chi connectivity index (χ1n) is 4.50. The van der Waals surface area contributed by atoms with Gasteiger partial charge in [0.25, 0.3) is 0 Å². The topological polar surface area (TPSA) is 142 Å². The summed E-state index contributed by atoms with van der Waals surface area (Å²) in [6.07, 6.45) is 1.08. The third-order valence-electron chi connectivity index (χ3n) is 1.49. The number of carbonyl (C=O) groups is 3. The van der Waals surface area contributed by atoms with Gasteiger partial charge in [-0.25, -0.2) is 10.1 Å². The minimum Gasteiger partial charge on any atom is -0.481 e. The number of carboxylic acids is 2. The molecular weight excluding hydrogens is 270 g/mol. The fourth-order valence-corrected chi connectivity index (χ4v) is 1.34. The summed E-state index contributed by atoms with van der Waals surface area (Å²) in [5.41, 5.74) is 0. The van der Waals surface area contributed by atoms with Gasteiger partial charge in [-0.15, -0.1) is 4.33 Å². The SMILES string of the molecule is O=C(O)C=CC(=O)NCC(CC(=O)O)SOOO. The van der Waals surface area contributed by atoms with E-state index < -0.39 is 23.1 Å². The van der Waals surface area contributed by atoms with Crippen LogP contribution >= 0.6 is 12.0 Å². The summed E-state index contributed by atoms with van der Waals surface area (Å²) < 4.78 is 4.07. The molecule has 0 rings (SSSR count). The van der Waals surface area contributed by atoms with E-state index in [0.29, 0.717) is 18.1 Å². The van der Waals surface area contributed by atoms with Gasteiger partial charge in [-0.05, 0) is 0 Å². The van der Waals surface area contributed by atoms with E-state index in [9.17, 15) is 14.4 Å². The smallest absolute Gasteiger partial charge is 0.328 e. The number of rotatable bonds is 9. The van der Waals surface area contributed by atoms with Crippen LogP contribution in [0, 0.1) is 0 Å². The van der Waals surface area contributed by atoms with Crippen LogP contribution in [0.5, 0.6) is 0 Å². The van der Waals surface area contributed by atoms with Crippen molar-refractivity contribution in [2.45, 2.75) is 11.7 Å². The van der Waals surface area contributed by atoms with Crippen molar-refractivity contribution >= 4 is 29.9 Å². The Bertz CT molecular complexity index is 331. The third kappa shape index (κ3) is 9.59. The predicted molar refractivity (Wildman–Crippen MR) is 58.2 cm³/mol. The van der Waals surface area contributed by atoms with Crippen molar-refractivity contribution in [1.29, 1.82) is 0 Å². The highest BCUT2D eigenvalue weighted by Gasteiger charge is 2.16. The maximum atomic E-state index is 11.1. The van der Waals surface area contributed by atoms with Gasteiger partial charge >= 0.3 is 11.9 Å². The first kappa shape index (κ1) is 16.4. The fourth-order valence-electron chi connectivity index (χ4n) is 0.828. The van der Waals surface area contributed by atoms with Gasteiger partial charge in [-0.1, -0.05) is 5.04 Å². The summed E-state index contributed by atoms with van der Waals surface area (Å²) in [6.45, 7) is -0.108. The van der Waals surface area contributed by atoms with Crippen LogP contribution in [0.15, 0.2) is 12.2 Å².